The molecule has 3 aromatic rings. The Morgan fingerprint density at radius 2 is 1.92 bits per heavy atom. The lowest BCUT2D eigenvalue weighted by Gasteiger charge is -2.22. The molecule has 1 atom stereocenters. The van der Waals surface area contributed by atoms with Crippen molar-refractivity contribution >= 4 is 26.8 Å². The van der Waals surface area contributed by atoms with Crippen molar-refractivity contribution in [3.63, 3.8) is 0 Å². The topological polar surface area (TPSA) is 61.7 Å². The molecule has 1 heterocycles. The average Bonchev–Trinajstić information content (AvgIpc) is 3.08. The molecule has 3 rings (SSSR count). The number of fused-ring (bicyclic) bond motifs is 1. The third-order valence-corrected chi connectivity index (χ3v) is 4.82. The van der Waals surface area contributed by atoms with Crippen LogP contribution in [0, 0.1) is 22.7 Å². The van der Waals surface area contributed by atoms with Crippen LogP contribution in [0.5, 0.6) is 5.75 Å². The molecule has 0 radical (unpaired) electrons. The maximum atomic E-state index is 8.92. The van der Waals surface area contributed by atoms with E-state index < -0.39 is 0 Å². The number of halogens is 1. The van der Waals surface area contributed by atoms with Gasteiger partial charge in [0.2, 0.25) is 0 Å². The van der Waals surface area contributed by atoms with E-state index in [0.717, 1.165) is 28.2 Å². The van der Waals surface area contributed by atoms with Gasteiger partial charge in [-0.3, -0.25) is 0 Å². The number of para-hydroxylation sites is 1. The van der Waals surface area contributed by atoms with Crippen molar-refractivity contribution < 1.29 is 4.74 Å². The standard InChI is InChI=1S/C21H18BrN3O/c22-18-7-3-6-17(15-18)19(8-1-2-11-23)25-13-10-16-5-4-9-20(21(16)25)26-14-12-24/h3-7,9-10,13,15,19H,1-2,8,14H2/t19-/m1/s1. The quantitative estimate of drug-likeness (QED) is 0.479. The minimum Gasteiger partial charge on any atom is -0.477 e. The Balaban J connectivity index is 2.08. The van der Waals surface area contributed by atoms with Crippen LogP contribution >= 0.6 is 15.9 Å². The summed E-state index contributed by atoms with van der Waals surface area (Å²) in [4.78, 5) is 0. The Hall–Kier alpha value is -2.76. The first-order chi connectivity index (χ1) is 12.7. The molecular weight excluding hydrogens is 390 g/mol. The van der Waals surface area contributed by atoms with Gasteiger partial charge in [0.25, 0.3) is 0 Å². The largest absolute Gasteiger partial charge is 0.477 e. The maximum Gasteiger partial charge on any atom is 0.174 e. The van der Waals surface area contributed by atoms with Crippen molar-refractivity contribution in [2.75, 3.05) is 6.61 Å². The maximum absolute atomic E-state index is 8.92. The highest BCUT2D eigenvalue weighted by atomic mass is 79.9. The average molecular weight is 408 g/mol. The Morgan fingerprint density at radius 3 is 2.69 bits per heavy atom. The predicted octanol–water partition coefficient (Wildman–Crippen LogP) is 5.59. The molecule has 0 saturated heterocycles. The number of aromatic nitrogens is 1. The first-order valence-corrected chi connectivity index (χ1v) is 9.25. The number of nitriles is 2. The van der Waals surface area contributed by atoms with E-state index >= 15 is 0 Å². The summed E-state index contributed by atoms with van der Waals surface area (Å²) >= 11 is 3.55. The van der Waals surface area contributed by atoms with Crippen LogP contribution in [-0.2, 0) is 0 Å². The van der Waals surface area contributed by atoms with Crippen LogP contribution in [0.2, 0.25) is 0 Å². The lowest BCUT2D eigenvalue weighted by Crippen LogP contribution is -2.10. The van der Waals surface area contributed by atoms with Crippen LogP contribution < -0.4 is 4.74 Å². The van der Waals surface area contributed by atoms with Crippen molar-refractivity contribution in [1.29, 1.82) is 10.5 Å². The number of nitrogens with zero attached hydrogens (tertiary/aromatic N) is 3. The minimum absolute atomic E-state index is 0.0142. The molecule has 5 heteroatoms. The Labute approximate surface area is 161 Å². The number of hydrogen-bond donors (Lipinski definition) is 0. The van der Waals surface area contributed by atoms with Gasteiger partial charge in [0.05, 0.1) is 17.6 Å². The van der Waals surface area contributed by atoms with Crippen molar-refractivity contribution in [2.24, 2.45) is 0 Å². The molecule has 0 fully saturated rings. The fraction of sp³-hybridized carbons (Fsp3) is 0.238. The van der Waals surface area contributed by atoms with Crippen LogP contribution in [-0.4, -0.2) is 11.2 Å². The molecule has 0 N–H and O–H groups in total. The van der Waals surface area contributed by atoms with Crippen molar-refractivity contribution in [1.82, 2.24) is 4.57 Å². The van der Waals surface area contributed by atoms with E-state index in [1.165, 1.54) is 5.56 Å². The number of hydrogen-bond acceptors (Lipinski definition) is 3. The molecule has 26 heavy (non-hydrogen) atoms. The molecule has 1 aromatic heterocycles. The monoisotopic (exact) mass is 407 g/mol. The number of unbranched alkanes of at least 4 members (excludes halogenated alkanes) is 1. The van der Waals surface area contributed by atoms with E-state index in [-0.39, 0.29) is 12.6 Å². The first-order valence-electron chi connectivity index (χ1n) is 8.46. The zero-order valence-corrected chi connectivity index (χ0v) is 15.8. The summed E-state index contributed by atoms with van der Waals surface area (Å²) in [7, 11) is 0. The van der Waals surface area contributed by atoms with Crippen molar-refractivity contribution in [2.45, 2.75) is 25.3 Å². The summed E-state index contributed by atoms with van der Waals surface area (Å²) in [6.45, 7) is 0.0142. The van der Waals surface area contributed by atoms with Crippen LogP contribution in [0.4, 0.5) is 0 Å². The van der Waals surface area contributed by atoms with Crippen LogP contribution in [0.25, 0.3) is 10.9 Å². The SMILES string of the molecule is N#CCCC[C@H](c1cccc(Br)c1)n1ccc2cccc(OCC#N)c21. The zero-order chi connectivity index (χ0) is 18.4. The van der Waals surface area contributed by atoms with Crippen LogP contribution in [0.15, 0.2) is 59.2 Å². The molecule has 0 aliphatic rings. The second-order valence-electron chi connectivity index (χ2n) is 5.98. The summed E-state index contributed by atoms with van der Waals surface area (Å²) in [5.74, 6) is 0.703. The molecule has 0 aliphatic heterocycles. The number of rotatable bonds is 7. The van der Waals surface area contributed by atoms with Gasteiger partial charge in [0.15, 0.2) is 6.61 Å². The van der Waals surface area contributed by atoms with Gasteiger partial charge >= 0.3 is 0 Å². The van der Waals surface area contributed by atoms with Gasteiger partial charge in [-0.05, 0) is 42.7 Å². The van der Waals surface area contributed by atoms with E-state index in [2.05, 4.69) is 51.0 Å². The lowest BCUT2D eigenvalue weighted by molar-refractivity contribution is 0.369. The van der Waals surface area contributed by atoms with Gasteiger partial charge in [-0.1, -0.05) is 40.2 Å². The molecule has 0 unspecified atom stereocenters. The molecule has 2 aromatic carbocycles. The van der Waals surface area contributed by atoms with Crippen LogP contribution in [0.1, 0.15) is 30.9 Å². The Bertz CT molecular complexity index is 981. The normalized spacial score (nSPS) is 11.7. The van der Waals surface area contributed by atoms with Crippen molar-refractivity contribution in [3.8, 4) is 17.9 Å². The van der Waals surface area contributed by atoms with E-state index in [9.17, 15) is 0 Å². The van der Waals surface area contributed by atoms with Crippen LogP contribution in [0.3, 0.4) is 0 Å². The summed E-state index contributed by atoms with van der Waals surface area (Å²) in [6.07, 6.45) is 4.25. The number of benzene rings is 2. The van der Waals surface area contributed by atoms with Gasteiger partial charge in [-0.2, -0.15) is 10.5 Å². The highest BCUT2D eigenvalue weighted by Gasteiger charge is 2.18. The second kappa shape index (κ2) is 8.56. The number of ether oxygens (including phenoxy) is 1. The first kappa shape index (κ1) is 18.0. The molecular formula is C21H18BrN3O. The highest BCUT2D eigenvalue weighted by molar-refractivity contribution is 9.10. The van der Waals surface area contributed by atoms with Gasteiger partial charge in [-0.15, -0.1) is 0 Å². The second-order valence-corrected chi connectivity index (χ2v) is 6.90. The molecule has 0 bridgehead atoms. The molecule has 4 nitrogen and oxygen atoms in total. The minimum atomic E-state index is 0.0142. The Kier molecular flexibility index (Phi) is 5.94. The molecule has 0 saturated carbocycles. The van der Waals surface area contributed by atoms with Gasteiger partial charge < -0.3 is 9.30 Å². The third kappa shape index (κ3) is 3.90. The van der Waals surface area contributed by atoms with E-state index in [0.29, 0.717) is 12.2 Å². The smallest absolute Gasteiger partial charge is 0.174 e. The summed E-state index contributed by atoms with van der Waals surface area (Å²) in [5.41, 5.74) is 2.15. The van der Waals surface area contributed by atoms with Gasteiger partial charge in [0, 0.05) is 22.5 Å². The molecule has 0 amide bonds. The third-order valence-electron chi connectivity index (χ3n) is 4.33. The Morgan fingerprint density at radius 1 is 1.08 bits per heavy atom. The fourth-order valence-electron chi connectivity index (χ4n) is 3.23. The van der Waals surface area contributed by atoms with Gasteiger partial charge in [-0.25, -0.2) is 0 Å². The zero-order valence-electron chi connectivity index (χ0n) is 14.2. The molecule has 0 spiro atoms. The van der Waals surface area contributed by atoms with E-state index in [1.807, 2.05) is 36.4 Å². The summed E-state index contributed by atoms with van der Waals surface area (Å²) < 4.78 is 8.88. The lowest BCUT2D eigenvalue weighted by atomic mass is 10.0. The van der Waals surface area contributed by atoms with Crippen molar-refractivity contribution in [3.05, 3.63) is 64.8 Å². The molecule has 0 aliphatic carbocycles. The summed E-state index contributed by atoms with van der Waals surface area (Å²) in [5, 5.41) is 18.9. The van der Waals surface area contributed by atoms with Gasteiger partial charge in [0.1, 0.15) is 11.8 Å². The fourth-order valence-corrected chi connectivity index (χ4v) is 3.64. The van der Waals surface area contributed by atoms with E-state index in [1.54, 1.807) is 0 Å². The highest BCUT2D eigenvalue weighted by Crippen LogP contribution is 2.34. The predicted molar refractivity (Wildman–Crippen MR) is 105 cm³/mol. The summed E-state index contributed by atoms with van der Waals surface area (Å²) in [6, 6.07) is 20.5. The van der Waals surface area contributed by atoms with E-state index in [4.69, 9.17) is 15.3 Å². The molecule has 130 valence electrons.